The van der Waals surface area contributed by atoms with Crippen LogP contribution in [0.1, 0.15) is 13.3 Å². The van der Waals surface area contributed by atoms with E-state index in [0.717, 1.165) is 5.75 Å². The van der Waals surface area contributed by atoms with Gasteiger partial charge in [-0.2, -0.15) is 0 Å². The van der Waals surface area contributed by atoms with Gasteiger partial charge in [0.15, 0.2) is 0 Å². The van der Waals surface area contributed by atoms with Crippen LogP contribution in [0.15, 0.2) is 58.9 Å². The lowest BCUT2D eigenvalue weighted by atomic mass is 10.3. The summed E-state index contributed by atoms with van der Waals surface area (Å²) in [4.78, 5) is 24.1. The number of nitrogens with zero attached hydrogens (tertiary/aromatic N) is 2. The molecule has 0 aliphatic carbocycles. The van der Waals surface area contributed by atoms with Crippen molar-refractivity contribution < 1.29 is 4.74 Å². The van der Waals surface area contributed by atoms with Gasteiger partial charge in [0, 0.05) is 24.6 Å². The second-order valence-corrected chi connectivity index (χ2v) is 4.48. The van der Waals surface area contributed by atoms with E-state index in [4.69, 9.17) is 4.74 Å². The average Bonchev–Trinajstić information content (AvgIpc) is 2.50. The summed E-state index contributed by atoms with van der Waals surface area (Å²) in [5.74, 6) is 0.730. The Morgan fingerprint density at radius 2 is 1.86 bits per heavy atom. The van der Waals surface area contributed by atoms with E-state index in [1.807, 2.05) is 6.92 Å². The third kappa shape index (κ3) is 3.31. The number of hydrogen-bond acceptors (Lipinski definition) is 3. The van der Waals surface area contributed by atoms with Crippen LogP contribution >= 0.6 is 0 Å². The van der Waals surface area contributed by atoms with Crippen molar-refractivity contribution in [3.63, 3.8) is 0 Å². The smallest absolute Gasteiger partial charge is 0.320 e. The van der Waals surface area contributed by atoms with Crippen LogP contribution in [0.5, 0.6) is 5.75 Å². The van der Waals surface area contributed by atoms with Crippen molar-refractivity contribution in [2.45, 2.75) is 19.9 Å². The van der Waals surface area contributed by atoms with Gasteiger partial charge in [-0.1, -0.05) is 6.08 Å². The molecule has 2 aromatic rings. The zero-order chi connectivity index (χ0) is 15.2. The second-order valence-electron chi connectivity index (χ2n) is 4.48. The maximum atomic E-state index is 12.1. The molecule has 21 heavy (non-hydrogen) atoms. The molecule has 2 rings (SSSR count). The number of aromatic nitrogens is 2. The van der Waals surface area contributed by atoms with E-state index < -0.39 is 11.1 Å². The van der Waals surface area contributed by atoms with Gasteiger partial charge in [-0.25, -0.2) is 0 Å². The number of ether oxygens (including phenoxy) is 1. The first-order chi connectivity index (χ1) is 10.2. The average molecular weight is 286 g/mol. The Kier molecular flexibility index (Phi) is 4.77. The second kappa shape index (κ2) is 6.74. The lowest BCUT2D eigenvalue weighted by Gasteiger charge is -2.09. The molecule has 0 saturated heterocycles. The highest BCUT2D eigenvalue weighted by atomic mass is 16.5. The summed E-state index contributed by atoms with van der Waals surface area (Å²) in [5, 5.41) is 0. The van der Waals surface area contributed by atoms with Crippen LogP contribution in [-0.2, 0) is 6.54 Å². The van der Waals surface area contributed by atoms with Crippen molar-refractivity contribution in [3.8, 4) is 11.4 Å². The van der Waals surface area contributed by atoms with Crippen molar-refractivity contribution >= 4 is 0 Å². The Bertz CT molecular complexity index is 726. The molecule has 0 aliphatic rings. The van der Waals surface area contributed by atoms with E-state index >= 15 is 0 Å². The molecule has 0 spiro atoms. The number of allylic oxidation sites excluding steroid dienone is 1. The molecule has 0 fully saturated rings. The minimum atomic E-state index is -0.564. The van der Waals surface area contributed by atoms with Gasteiger partial charge in [0.1, 0.15) is 5.75 Å². The van der Waals surface area contributed by atoms with Gasteiger partial charge < -0.3 is 9.30 Å². The first-order valence-electron chi connectivity index (χ1n) is 6.83. The van der Waals surface area contributed by atoms with Crippen molar-refractivity contribution in [1.82, 2.24) is 9.13 Å². The van der Waals surface area contributed by atoms with E-state index in [2.05, 4.69) is 6.58 Å². The van der Waals surface area contributed by atoms with Gasteiger partial charge in [0.2, 0.25) is 0 Å². The van der Waals surface area contributed by atoms with E-state index in [1.54, 1.807) is 42.7 Å². The van der Waals surface area contributed by atoms with Crippen LogP contribution in [0.25, 0.3) is 5.69 Å². The molecule has 110 valence electrons. The first kappa shape index (κ1) is 14.8. The van der Waals surface area contributed by atoms with E-state index in [-0.39, 0.29) is 0 Å². The third-order valence-corrected chi connectivity index (χ3v) is 3.06. The molecule has 0 unspecified atom stereocenters. The minimum Gasteiger partial charge on any atom is -0.494 e. The molecular weight excluding hydrogens is 268 g/mol. The summed E-state index contributed by atoms with van der Waals surface area (Å²) in [6.07, 6.45) is 5.57. The van der Waals surface area contributed by atoms with Crippen molar-refractivity contribution in [2.24, 2.45) is 0 Å². The largest absolute Gasteiger partial charge is 0.494 e. The normalized spacial score (nSPS) is 10.3. The standard InChI is InChI=1S/C16H18N2O3/c1-3-5-10-17-11-12-18(16(20)15(17)19)13-6-8-14(9-7-13)21-4-2/h3,6-9,11-12H,1,4-5,10H2,2H3. The van der Waals surface area contributed by atoms with E-state index in [0.29, 0.717) is 25.3 Å². The van der Waals surface area contributed by atoms with Crippen molar-refractivity contribution in [1.29, 1.82) is 0 Å². The molecule has 0 atom stereocenters. The molecule has 1 aromatic heterocycles. The molecule has 1 aromatic carbocycles. The first-order valence-corrected chi connectivity index (χ1v) is 6.83. The fourth-order valence-electron chi connectivity index (χ4n) is 1.99. The van der Waals surface area contributed by atoms with Gasteiger partial charge in [0.25, 0.3) is 0 Å². The lowest BCUT2D eigenvalue weighted by molar-refractivity contribution is 0.340. The summed E-state index contributed by atoms with van der Waals surface area (Å²) in [6.45, 7) is 6.55. The van der Waals surface area contributed by atoms with Crippen LogP contribution in [0.2, 0.25) is 0 Å². The molecule has 5 heteroatoms. The van der Waals surface area contributed by atoms with Crippen molar-refractivity contribution in [2.75, 3.05) is 6.61 Å². The summed E-state index contributed by atoms with van der Waals surface area (Å²) in [5.41, 5.74) is -0.463. The zero-order valence-corrected chi connectivity index (χ0v) is 12.0. The van der Waals surface area contributed by atoms with Gasteiger partial charge >= 0.3 is 11.1 Å². The highest BCUT2D eigenvalue weighted by molar-refractivity contribution is 5.37. The topological polar surface area (TPSA) is 53.2 Å². The Morgan fingerprint density at radius 1 is 1.14 bits per heavy atom. The predicted molar refractivity (Wildman–Crippen MR) is 82.3 cm³/mol. The molecule has 0 bridgehead atoms. The van der Waals surface area contributed by atoms with Gasteiger partial charge in [-0.3, -0.25) is 14.2 Å². The minimum absolute atomic E-state index is 0.460. The van der Waals surface area contributed by atoms with Gasteiger partial charge in [0.05, 0.1) is 6.61 Å². The van der Waals surface area contributed by atoms with E-state index in [1.165, 1.54) is 9.13 Å². The maximum absolute atomic E-state index is 12.1. The van der Waals surface area contributed by atoms with Crippen LogP contribution in [-0.4, -0.2) is 15.7 Å². The van der Waals surface area contributed by atoms with Crippen LogP contribution in [0.3, 0.4) is 0 Å². The van der Waals surface area contributed by atoms with Crippen molar-refractivity contribution in [3.05, 3.63) is 70.0 Å². The Balaban J connectivity index is 2.36. The van der Waals surface area contributed by atoms with Gasteiger partial charge in [-0.05, 0) is 37.6 Å². The number of hydrogen-bond donors (Lipinski definition) is 0. The van der Waals surface area contributed by atoms with Crippen LogP contribution < -0.4 is 15.9 Å². The summed E-state index contributed by atoms with van der Waals surface area (Å²) in [6, 6.07) is 7.04. The molecule has 1 heterocycles. The van der Waals surface area contributed by atoms with Crippen LogP contribution in [0.4, 0.5) is 0 Å². The molecule has 0 N–H and O–H groups in total. The molecular formula is C16H18N2O3. The SMILES string of the molecule is C=CCCn1ccn(-c2ccc(OCC)cc2)c(=O)c1=O. The number of aryl methyl sites for hydroxylation is 1. The molecule has 5 nitrogen and oxygen atoms in total. The highest BCUT2D eigenvalue weighted by Gasteiger charge is 2.06. The van der Waals surface area contributed by atoms with Gasteiger partial charge in [-0.15, -0.1) is 6.58 Å². The zero-order valence-electron chi connectivity index (χ0n) is 12.0. The van der Waals surface area contributed by atoms with E-state index in [9.17, 15) is 9.59 Å². The Hall–Kier alpha value is -2.56. The molecule has 0 radical (unpaired) electrons. The monoisotopic (exact) mass is 286 g/mol. The fourth-order valence-corrected chi connectivity index (χ4v) is 1.99. The maximum Gasteiger partial charge on any atom is 0.320 e. The van der Waals surface area contributed by atoms with Crippen LogP contribution in [0, 0.1) is 0 Å². The quantitative estimate of drug-likeness (QED) is 0.602. The number of benzene rings is 1. The third-order valence-electron chi connectivity index (χ3n) is 3.06. The fraction of sp³-hybridized carbons (Fsp3) is 0.250. The Labute approximate surface area is 122 Å². The molecule has 0 saturated carbocycles. The summed E-state index contributed by atoms with van der Waals surface area (Å²) in [7, 11) is 0. The lowest BCUT2D eigenvalue weighted by Crippen LogP contribution is -2.39. The Morgan fingerprint density at radius 3 is 2.48 bits per heavy atom. The summed E-state index contributed by atoms with van der Waals surface area (Å²) >= 11 is 0. The predicted octanol–water partition coefficient (Wildman–Crippen LogP) is 1.97. The summed E-state index contributed by atoms with van der Waals surface area (Å²) < 4.78 is 8.09. The molecule has 0 amide bonds. The highest BCUT2D eigenvalue weighted by Crippen LogP contribution is 2.13. The molecule has 0 aliphatic heterocycles. The number of rotatable bonds is 6.